The number of anilines is 1. The number of aryl methyl sites for hydroxylation is 1. The van der Waals surface area contributed by atoms with Gasteiger partial charge < -0.3 is 5.32 Å². The van der Waals surface area contributed by atoms with Crippen LogP contribution in [0.15, 0.2) is 24.5 Å². The lowest BCUT2D eigenvalue weighted by Crippen LogP contribution is -2.13. The Labute approximate surface area is 112 Å². The molecule has 0 spiro atoms. The van der Waals surface area contributed by atoms with E-state index in [2.05, 4.69) is 29.2 Å². The number of nitrogens with zero attached hydrogens (tertiary/aromatic N) is 3. The lowest BCUT2D eigenvalue weighted by molar-refractivity contribution is 0.468. The van der Waals surface area contributed by atoms with Crippen molar-refractivity contribution < 1.29 is 4.39 Å². The average Bonchev–Trinajstić information content (AvgIpc) is 2.77. The summed E-state index contributed by atoms with van der Waals surface area (Å²) in [4.78, 5) is 4.22. The molecular weight excluding hydrogens is 243 g/mol. The van der Waals surface area contributed by atoms with Gasteiger partial charge in [-0.1, -0.05) is 19.9 Å². The van der Waals surface area contributed by atoms with Gasteiger partial charge in [0.05, 0.1) is 6.54 Å². The van der Waals surface area contributed by atoms with Gasteiger partial charge in [-0.3, -0.25) is 0 Å². The normalized spacial score (nSPS) is 11.0. The molecule has 19 heavy (non-hydrogen) atoms. The van der Waals surface area contributed by atoms with Crippen molar-refractivity contribution in [2.24, 2.45) is 5.92 Å². The van der Waals surface area contributed by atoms with Crippen molar-refractivity contribution in [1.29, 1.82) is 0 Å². The van der Waals surface area contributed by atoms with Crippen molar-refractivity contribution >= 4 is 5.69 Å². The van der Waals surface area contributed by atoms with Crippen LogP contribution >= 0.6 is 0 Å². The fourth-order valence-corrected chi connectivity index (χ4v) is 1.81. The van der Waals surface area contributed by atoms with Gasteiger partial charge in [-0.25, -0.2) is 14.1 Å². The second kappa shape index (κ2) is 5.82. The van der Waals surface area contributed by atoms with Gasteiger partial charge in [-0.15, -0.1) is 0 Å². The minimum Gasteiger partial charge on any atom is -0.378 e. The predicted octanol–water partition coefficient (Wildman–Crippen LogP) is 2.99. The van der Waals surface area contributed by atoms with Crippen LogP contribution in [0.1, 0.15) is 25.2 Å². The first-order valence-corrected chi connectivity index (χ1v) is 6.43. The molecule has 1 aromatic carbocycles. The smallest absolute Gasteiger partial charge is 0.146 e. The van der Waals surface area contributed by atoms with Crippen LogP contribution in [0, 0.1) is 18.7 Å². The van der Waals surface area contributed by atoms with E-state index in [-0.39, 0.29) is 5.82 Å². The third-order valence-corrected chi connectivity index (χ3v) is 2.86. The fraction of sp³-hybridized carbons (Fsp3) is 0.429. The second-order valence-corrected chi connectivity index (χ2v) is 5.07. The topological polar surface area (TPSA) is 42.7 Å². The van der Waals surface area contributed by atoms with E-state index in [9.17, 15) is 4.39 Å². The number of aromatic nitrogens is 3. The molecule has 0 amide bonds. The van der Waals surface area contributed by atoms with E-state index in [0.717, 1.165) is 18.1 Å². The Morgan fingerprint density at radius 3 is 2.84 bits per heavy atom. The lowest BCUT2D eigenvalue weighted by atomic mass is 10.2. The van der Waals surface area contributed by atoms with E-state index >= 15 is 0 Å². The Morgan fingerprint density at radius 2 is 2.16 bits per heavy atom. The highest BCUT2D eigenvalue weighted by Crippen LogP contribution is 2.14. The van der Waals surface area contributed by atoms with Crippen LogP contribution in [0.25, 0.3) is 0 Å². The molecule has 2 rings (SSSR count). The molecule has 102 valence electrons. The molecule has 0 radical (unpaired) electrons. The summed E-state index contributed by atoms with van der Waals surface area (Å²) in [6, 6.07) is 5.12. The first-order valence-electron chi connectivity index (χ1n) is 6.43. The van der Waals surface area contributed by atoms with Crippen LogP contribution in [0.3, 0.4) is 0 Å². The van der Waals surface area contributed by atoms with E-state index in [1.807, 2.05) is 10.7 Å². The molecule has 0 unspecified atom stereocenters. The quantitative estimate of drug-likeness (QED) is 0.900. The van der Waals surface area contributed by atoms with Crippen molar-refractivity contribution in [1.82, 2.24) is 14.8 Å². The zero-order valence-electron chi connectivity index (χ0n) is 11.5. The first kappa shape index (κ1) is 13.5. The SMILES string of the molecule is Cc1ccc(NCc2ncnn2CC(C)C)cc1F. The summed E-state index contributed by atoms with van der Waals surface area (Å²) in [7, 11) is 0. The number of halogens is 1. The summed E-state index contributed by atoms with van der Waals surface area (Å²) < 4.78 is 15.3. The highest BCUT2D eigenvalue weighted by Gasteiger charge is 2.06. The van der Waals surface area contributed by atoms with Crippen molar-refractivity contribution in [3.8, 4) is 0 Å². The van der Waals surface area contributed by atoms with Gasteiger partial charge in [0.1, 0.15) is 18.0 Å². The van der Waals surface area contributed by atoms with Gasteiger partial charge in [0.25, 0.3) is 0 Å². The minimum absolute atomic E-state index is 0.200. The molecule has 2 aromatic rings. The number of nitrogens with one attached hydrogen (secondary N) is 1. The minimum atomic E-state index is -0.200. The molecule has 0 atom stereocenters. The van der Waals surface area contributed by atoms with Gasteiger partial charge in [-0.2, -0.15) is 5.10 Å². The summed E-state index contributed by atoms with van der Waals surface area (Å²) in [5, 5.41) is 7.36. The Hall–Kier alpha value is -1.91. The van der Waals surface area contributed by atoms with Crippen LogP contribution in [-0.4, -0.2) is 14.8 Å². The third-order valence-electron chi connectivity index (χ3n) is 2.86. The van der Waals surface area contributed by atoms with Crippen molar-refractivity contribution in [3.63, 3.8) is 0 Å². The number of hydrogen-bond acceptors (Lipinski definition) is 3. The number of benzene rings is 1. The maximum Gasteiger partial charge on any atom is 0.146 e. The average molecular weight is 262 g/mol. The lowest BCUT2D eigenvalue weighted by Gasteiger charge is -2.10. The molecule has 0 saturated heterocycles. The molecule has 0 aliphatic carbocycles. The van der Waals surface area contributed by atoms with Crippen LogP contribution in [0.4, 0.5) is 10.1 Å². The molecule has 0 saturated carbocycles. The van der Waals surface area contributed by atoms with E-state index in [1.165, 1.54) is 6.07 Å². The Bertz CT molecular complexity index is 548. The molecule has 1 heterocycles. The van der Waals surface area contributed by atoms with Crippen molar-refractivity contribution in [2.75, 3.05) is 5.32 Å². The van der Waals surface area contributed by atoms with E-state index in [4.69, 9.17) is 0 Å². The largest absolute Gasteiger partial charge is 0.378 e. The molecule has 0 bridgehead atoms. The molecule has 0 aliphatic rings. The Balaban J connectivity index is 2.02. The van der Waals surface area contributed by atoms with E-state index in [1.54, 1.807) is 19.3 Å². The molecule has 0 aliphatic heterocycles. The van der Waals surface area contributed by atoms with Crippen LogP contribution in [0.5, 0.6) is 0 Å². The standard InChI is InChI=1S/C14H19FN4/c1-10(2)8-19-14(17-9-18-19)7-16-12-5-4-11(3)13(15)6-12/h4-6,9-10,16H,7-8H2,1-3H3. The van der Waals surface area contributed by atoms with Gasteiger partial charge in [0, 0.05) is 12.2 Å². The molecule has 0 fully saturated rings. The molecule has 1 N–H and O–H groups in total. The van der Waals surface area contributed by atoms with Crippen molar-refractivity contribution in [3.05, 3.63) is 41.7 Å². The summed E-state index contributed by atoms with van der Waals surface area (Å²) in [6.45, 7) is 7.38. The molecule has 5 heteroatoms. The zero-order chi connectivity index (χ0) is 13.8. The zero-order valence-corrected chi connectivity index (χ0v) is 11.5. The summed E-state index contributed by atoms with van der Waals surface area (Å²) >= 11 is 0. The van der Waals surface area contributed by atoms with Gasteiger partial charge >= 0.3 is 0 Å². The van der Waals surface area contributed by atoms with Crippen LogP contribution < -0.4 is 5.32 Å². The third kappa shape index (κ3) is 3.53. The van der Waals surface area contributed by atoms with E-state index in [0.29, 0.717) is 18.0 Å². The fourth-order valence-electron chi connectivity index (χ4n) is 1.81. The summed E-state index contributed by atoms with van der Waals surface area (Å²) in [5.41, 5.74) is 1.40. The Morgan fingerprint density at radius 1 is 1.37 bits per heavy atom. The second-order valence-electron chi connectivity index (χ2n) is 5.07. The van der Waals surface area contributed by atoms with Crippen LogP contribution in [0.2, 0.25) is 0 Å². The highest BCUT2D eigenvalue weighted by atomic mass is 19.1. The van der Waals surface area contributed by atoms with Crippen LogP contribution in [-0.2, 0) is 13.1 Å². The molecular formula is C14H19FN4. The monoisotopic (exact) mass is 262 g/mol. The predicted molar refractivity (Wildman–Crippen MR) is 73.3 cm³/mol. The van der Waals surface area contributed by atoms with Crippen molar-refractivity contribution in [2.45, 2.75) is 33.9 Å². The summed E-state index contributed by atoms with van der Waals surface area (Å²) in [6.07, 6.45) is 1.55. The van der Waals surface area contributed by atoms with Gasteiger partial charge in [-0.05, 0) is 30.5 Å². The first-order chi connectivity index (χ1) is 9.06. The Kier molecular flexibility index (Phi) is 4.14. The maximum absolute atomic E-state index is 13.4. The van der Waals surface area contributed by atoms with E-state index < -0.39 is 0 Å². The molecule has 4 nitrogen and oxygen atoms in total. The highest BCUT2D eigenvalue weighted by molar-refractivity contribution is 5.45. The molecule has 1 aromatic heterocycles. The summed E-state index contributed by atoms with van der Waals surface area (Å²) in [5.74, 6) is 1.17. The number of rotatable bonds is 5. The van der Waals surface area contributed by atoms with Gasteiger partial charge in [0.15, 0.2) is 0 Å². The van der Waals surface area contributed by atoms with Gasteiger partial charge in [0.2, 0.25) is 0 Å². The number of hydrogen-bond donors (Lipinski definition) is 1. The maximum atomic E-state index is 13.4.